The first-order valence-electron chi connectivity index (χ1n) is 2.37. The zero-order chi connectivity index (χ0) is 6.85. The van der Waals surface area contributed by atoms with E-state index in [9.17, 15) is 0 Å². The highest BCUT2D eigenvalue weighted by molar-refractivity contribution is 7.73. The van der Waals surface area contributed by atoms with Crippen molar-refractivity contribution in [3.05, 3.63) is 15.0 Å². The fourth-order valence-electron chi connectivity index (χ4n) is 0.488. The van der Waals surface area contributed by atoms with Crippen molar-refractivity contribution < 1.29 is 0 Å². The molecule has 0 fully saturated rings. The van der Waals surface area contributed by atoms with Gasteiger partial charge in [0.15, 0.2) is 3.95 Å². The molecular formula is C6H5NS2. The van der Waals surface area contributed by atoms with Crippen molar-refractivity contribution in [3.63, 3.8) is 0 Å². The van der Waals surface area contributed by atoms with Crippen LogP contribution in [0.1, 0.15) is 4.88 Å². The van der Waals surface area contributed by atoms with Crippen molar-refractivity contribution in [1.29, 1.82) is 0 Å². The Balaban J connectivity index is 3.33. The minimum atomic E-state index is 0.822. The number of thiazole rings is 1. The lowest BCUT2D eigenvalue weighted by Crippen LogP contribution is -1.80. The van der Waals surface area contributed by atoms with E-state index in [-0.39, 0.29) is 0 Å². The second-order valence-corrected chi connectivity index (χ2v) is 3.29. The Morgan fingerprint density at radius 1 is 1.89 bits per heavy atom. The van der Waals surface area contributed by atoms with Gasteiger partial charge in [0.25, 0.3) is 0 Å². The third-order valence-corrected chi connectivity index (χ3v) is 2.38. The minimum absolute atomic E-state index is 0.822. The highest BCUT2D eigenvalue weighted by atomic mass is 32.1. The summed E-state index contributed by atoms with van der Waals surface area (Å²) in [6, 6.07) is 0. The Hall–Kier alpha value is -0.590. The summed E-state index contributed by atoms with van der Waals surface area (Å²) in [5.41, 5.74) is 0. The molecular weight excluding hydrogens is 150 g/mol. The summed E-state index contributed by atoms with van der Waals surface area (Å²) in [4.78, 5) is 0.891. The van der Waals surface area contributed by atoms with Crippen LogP contribution in [-0.4, -0.2) is 4.57 Å². The normalized spacial score (nSPS) is 8.89. The summed E-state index contributed by atoms with van der Waals surface area (Å²) in [5.74, 6) is 2.52. The number of nitrogens with zero attached hydrogens (tertiary/aromatic N) is 1. The van der Waals surface area contributed by atoms with E-state index in [0.717, 1.165) is 8.83 Å². The number of hydrogen-bond donors (Lipinski definition) is 0. The van der Waals surface area contributed by atoms with Crippen LogP contribution < -0.4 is 0 Å². The lowest BCUT2D eigenvalue weighted by Gasteiger charge is -1.80. The predicted molar refractivity (Wildman–Crippen MR) is 42.1 cm³/mol. The van der Waals surface area contributed by atoms with E-state index in [1.54, 1.807) is 0 Å². The highest BCUT2D eigenvalue weighted by Gasteiger charge is 1.91. The Bertz CT molecular complexity index is 300. The summed E-state index contributed by atoms with van der Waals surface area (Å²) in [5, 5.41) is 0. The molecule has 0 saturated carbocycles. The zero-order valence-electron chi connectivity index (χ0n) is 4.92. The molecule has 1 aromatic rings. The zero-order valence-corrected chi connectivity index (χ0v) is 6.55. The molecule has 3 heteroatoms. The van der Waals surface area contributed by atoms with Gasteiger partial charge in [-0.3, -0.25) is 0 Å². The third kappa shape index (κ3) is 1.21. The smallest absolute Gasteiger partial charge is 0.161 e. The molecule has 0 bridgehead atoms. The van der Waals surface area contributed by atoms with Gasteiger partial charge in [-0.05, 0) is 12.2 Å². The molecule has 46 valence electrons. The minimum Gasteiger partial charge on any atom is -0.332 e. The number of hydrogen-bond acceptors (Lipinski definition) is 2. The summed E-state index contributed by atoms with van der Waals surface area (Å²) in [7, 11) is 1.89. The van der Waals surface area contributed by atoms with E-state index in [4.69, 9.17) is 18.6 Å². The summed E-state index contributed by atoms with van der Waals surface area (Å²) < 4.78 is 2.66. The molecule has 0 aliphatic carbocycles. The number of terminal acetylenes is 1. The lowest BCUT2D eigenvalue weighted by atomic mass is 10.6. The van der Waals surface area contributed by atoms with Gasteiger partial charge < -0.3 is 4.57 Å². The number of rotatable bonds is 0. The molecule has 0 aromatic carbocycles. The predicted octanol–water partition coefficient (Wildman–Crippen LogP) is 1.80. The van der Waals surface area contributed by atoms with E-state index in [1.165, 1.54) is 11.3 Å². The van der Waals surface area contributed by atoms with Crippen LogP contribution >= 0.6 is 23.6 Å². The molecule has 1 nitrogen and oxygen atoms in total. The molecule has 0 saturated heterocycles. The van der Waals surface area contributed by atoms with Crippen LogP contribution in [0.3, 0.4) is 0 Å². The molecule has 0 amide bonds. The van der Waals surface area contributed by atoms with Crippen molar-refractivity contribution in [3.8, 4) is 12.3 Å². The lowest BCUT2D eigenvalue weighted by molar-refractivity contribution is 0.918. The van der Waals surface area contributed by atoms with Crippen molar-refractivity contribution in [1.82, 2.24) is 4.57 Å². The number of aromatic nitrogens is 1. The first kappa shape index (κ1) is 6.53. The second-order valence-electron chi connectivity index (χ2n) is 1.62. The Kier molecular flexibility index (Phi) is 1.70. The Morgan fingerprint density at radius 3 is 2.78 bits per heavy atom. The molecule has 1 rings (SSSR count). The standard InChI is InChI=1S/C6H5NS2/c1-3-5-4-7(2)6(8)9-5/h1,4H,2H3. The first-order valence-corrected chi connectivity index (χ1v) is 3.59. The van der Waals surface area contributed by atoms with Crippen LogP contribution in [0, 0.1) is 16.3 Å². The molecule has 0 aliphatic rings. The fraction of sp³-hybridized carbons (Fsp3) is 0.167. The van der Waals surface area contributed by atoms with Crippen molar-refractivity contribution in [2.24, 2.45) is 7.05 Å². The molecule has 0 spiro atoms. The maximum Gasteiger partial charge on any atom is 0.161 e. The van der Waals surface area contributed by atoms with E-state index < -0.39 is 0 Å². The molecule has 0 N–H and O–H groups in total. The van der Waals surface area contributed by atoms with E-state index in [0.29, 0.717) is 0 Å². The van der Waals surface area contributed by atoms with E-state index in [1.807, 2.05) is 17.8 Å². The quantitative estimate of drug-likeness (QED) is 0.408. The second kappa shape index (κ2) is 2.34. The maximum atomic E-state index is 5.13. The molecule has 0 radical (unpaired) electrons. The maximum absolute atomic E-state index is 5.13. The average Bonchev–Trinajstić information content (AvgIpc) is 2.13. The van der Waals surface area contributed by atoms with E-state index >= 15 is 0 Å². The summed E-state index contributed by atoms with van der Waals surface area (Å²) >= 11 is 6.38. The fourth-order valence-corrected chi connectivity index (χ4v) is 1.46. The van der Waals surface area contributed by atoms with Gasteiger partial charge >= 0.3 is 0 Å². The molecule has 0 aliphatic heterocycles. The molecule has 0 atom stereocenters. The van der Waals surface area contributed by atoms with Gasteiger partial charge in [0.05, 0.1) is 4.88 Å². The van der Waals surface area contributed by atoms with Crippen LogP contribution in [0.5, 0.6) is 0 Å². The average molecular weight is 155 g/mol. The summed E-state index contributed by atoms with van der Waals surface area (Å²) in [6.45, 7) is 0. The van der Waals surface area contributed by atoms with Crippen LogP contribution in [0.2, 0.25) is 0 Å². The van der Waals surface area contributed by atoms with Gasteiger partial charge in [0.2, 0.25) is 0 Å². The highest BCUT2D eigenvalue weighted by Crippen LogP contribution is 2.08. The van der Waals surface area contributed by atoms with Gasteiger partial charge in [0, 0.05) is 13.2 Å². The third-order valence-electron chi connectivity index (χ3n) is 0.938. The van der Waals surface area contributed by atoms with E-state index in [2.05, 4.69) is 5.92 Å². The number of aryl methyl sites for hydroxylation is 1. The van der Waals surface area contributed by atoms with Crippen molar-refractivity contribution in [2.75, 3.05) is 0 Å². The Labute approximate surface area is 63.0 Å². The monoisotopic (exact) mass is 155 g/mol. The molecule has 1 heterocycles. The van der Waals surface area contributed by atoms with Crippen molar-refractivity contribution >= 4 is 23.6 Å². The Morgan fingerprint density at radius 2 is 2.56 bits per heavy atom. The van der Waals surface area contributed by atoms with Crippen molar-refractivity contribution in [2.45, 2.75) is 0 Å². The topological polar surface area (TPSA) is 4.93 Å². The van der Waals surface area contributed by atoms with Gasteiger partial charge in [0.1, 0.15) is 0 Å². The molecule has 0 unspecified atom stereocenters. The van der Waals surface area contributed by atoms with Gasteiger partial charge in [-0.25, -0.2) is 0 Å². The molecule has 1 aromatic heterocycles. The first-order chi connectivity index (χ1) is 4.24. The van der Waals surface area contributed by atoms with Crippen LogP contribution in [0.4, 0.5) is 0 Å². The van der Waals surface area contributed by atoms with Crippen LogP contribution in [0.25, 0.3) is 0 Å². The van der Waals surface area contributed by atoms with Gasteiger partial charge in [-0.2, -0.15) is 0 Å². The summed E-state index contributed by atoms with van der Waals surface area (Å²) in [6.07, 6.45) is 6.99. The molecule has 9 heavy (non-hydrogen) atoms. The van der Waals surface area contributed by atoms with Gasteiger partial charge in [-0.15, -0.1) is 6.42 Å². The van der Waals surface area contributed by atoms with Crippen LogP contribution in [-0.2, 0) is 7.05 Å². The van der Waals surface area contributed by atoms with Gasteiger partial charge in [-0.1, -0.05) is 17.3 Å². The SMILES string of the molecule is C#Cc1cn(C)c(=S)s1. The van der Waals surface area contributed by atoms with Crippen LogP contribution in [0.15, 0.2) is 6.20 Å². The largest absolute Gasteiger partial charge is 0.332 e.